The zero-order valence-corrected chi connectivity index (χ0v) is 15.7. The van der Waals surface area contributed by atoms with Gasteiger partial charge in [0.15, 0.2) is 0 Å². The van der Waals surface area contributed by atoms with E-state index in [1.807, 2.05) is 46.8 Å². The lowest BCUT2D eigenvalue weighted by atomic mass is 10.2. The average Bonchev–Trinajstić information content (AvgIpc) is 2.93. The molecular weight excluding hydrogens is 378 g/mol. The number of rotatable bonds is 2. The number of amides is 1. The van der Waals surface area contributed by atoms with Crippen molar-refractivity contribution in [3.8, 4) is 0 Å². The number of piperazine rings is 1. The summed E-state index contributed by atoms with van der Waals surface area (Å²) in [6.07, 6.45) is 0. The number of anilines is 1. The van der Waals surface area contributed by atoms with Crippen LogP contribution in [0.3, 0.4) is 0 Å². The molecule has 0 saturated carbocycles. The lowest BCUT2D eigenvalue weighted by molar-refractivity contribution is 0.0736. The molecule has 0 aliphatic carbocycles. The maximum atomic E-state index is 13.1. The minimum Gasteiger partial charge on any atom is -0.368 e. The fourth-order valence-corrected chi connectivity index (χ4v) is 4.31. The predicted molar refractivity (Wildman–Crippen MR) is 105 cm³/mol. The van der Waals surface area contributed by atoms with Crippen LogP contribution in [0.15, 0.2) is 59.1 Å². The molecular formula is C20H20BrN3O. The zero-order chi connectivity index (χ0) is 17.4. The van der Waals surface area contributed by atoms with Gasteiger partial charge in [-0.25, -0.2) is 0 Å². The number of benzene rings is 2. The van der Waals surface area contributed by atoms with Crippen molar-refractivity contribution in [3.63, 3.8) is 0 Å². The van der Waals surface area contributed by atoms with Gasteiger partial charge in [-0.3, -0.25) is 4.79 Å². The van der Waals surface area contributed by atoms with Crippen molar-refractivity contribution < 1.29 is 4.79 Å². The summed E-state index contributed by atoms with van der Waals surface area (Å²) in [4.78, 5) is 17.4. The molecule has 0 bridgehead atoms. The summed E-state index contributed by atoms with van der Waals surface area (Å²) in [5, 5.41) is 1.08. The van der Waals surface area contributed by atoms with Crippen LogP contribution in [0.4, 0.5) is 5.69 Å². The number of aryl methyl sites for hydroxylation is 1. The van der Waals surface area contributed by atoms with Crippen molar-refractivity contribution in [1.82, 2.24) is 9.47 Å². The second kappa shape index (κ2) is 6.56. The summed E-state index contributed by atoms with van der Waals surface area (Å²) in [5.41, 5.74) is 3.02. The molecule has 2 aromatic carbocycles. The van der Waals surface area contributed by atoms with Crippen LogP contribution in [0.5, 0.6) is 0 Å². The van der Waals surface area contributed by atoms with Gasteiger partial charge < -0.3 is 14.4 Å². The molecule has 0 unspecified atom stereocenters. The Morgan fingerprint density at radius 1 is 0.920 bits per heavy atom. The van der Waals surface area contributed by atoms with Crippen LogP contribution in [-0.4, -0.2) is 41.6 Å². The molecule has 1 aliphatic rings. The first-order chi connectivity index (χ1) is 12.2. The van der Waals surface area contributed by atoms with E-state index in [4.69, 9.17) is 0 Å². The van der Waals surface area contributed by atoms with Crippen molar-refractivity contribution in [2.75, 3.05) is 31.1 Å². The third-order valence-electron chi connectivity index (χ3n) is 4.94. The van der Waals surface area contributed by atoms with Crippen LogP contribution in [0.25, 0.3) is 10.9 Å². The van der Waals surface area contributed by atoms with Gasteiger partial charge in [-0.15, -0.1) is 0 Å². The van der Waals surface area contributed by atoms with Crippen molar-refractivity contribution in [2.45, 2.75) is 0 Å². The fraction of sp³-hybridized carbons (Fsp3) is 0.250. The first-order valence-electron chi connectivity index (χ1n) is 8.49. The van der Waals surface area contributed by atoms with Crippen LogP contribution in [0.2, 0.25) is 0 Å². The number of hydrogen-bond donors (Lipinski definition) is 0. The first-order valence-corrected chi connectivity index (χ1v) is 9.28. The molecule has 1 amide bonds. The van der Waals surface area contributed by atoms with E-state index in [1.165, 1.54) is 5.69 Å². The highest BCUT2D eigenvalue weighted by molar-refractivity contribution is 9.10. The number of aromatic nitrogens is 1. The number of nitrogens with zero attached hydrogens (tertiary/aromatic N) is 3. The van der Waals surface area contributed by atoms with E-state index < -0.39 is 0 Å². The van der Waals surface area contributed by atoms with E-state index in [-0.39, 0.29) is 5.91 Å². The molecule has 4 nitrogen and oxygen atoms in total. The van der Waals surface area contributed by atoms with E-state index >= 15 is 0 Å². The van der Waals surface area contributed by atoms with Gasteiger partial charge in [0.1, 0.15) is 5.69 Å². The molecule has 1 aliphatic heterocycles. The summed E-state index contributed by atoms with van der Waals surface area (Å²) in [6, 6.07) is 18.5. The van der Waals surface area contributed by atoms with Gasteiger partial charge in [0.25, 0.3) is 5.91 Å². The lowest BCUT2D eigenvalue weighted by Crippen LogP contribution is -2.49. The Hall–Kier alpha value is -2.27. The van der Waals surface area contributed by atoms with Crippen LogP contribution < -0.4 is 4.90 Å². The Balaban J connectivity index is 1.55. The van der Waals surface area contributed by atoms with Crippen LogP contribution >= 0.6 is 15.9 Å². The fourth-order valence-electron chi connectivity index (χ4n) is 3.54. The molecule has 0 atom stereocenters. The van der Waals surface area contributed by atoms with E-state index in [9.17, 15) is 4.79 Å². The Bertz CT molecular complexity index is 872. The van der Waals surface area contributed by atoms with Crippen LogP contribution in [-0.2, 0) is 7.05 Å². The monoisotopic (exact) mass is 397 g/mol. The molecule has 1 fully saturated rings. The third-order valence-corrected chi connectivity index (χ3v) is 5.74. The van der Waals surface area contributed by atoms with Crippen molar-refractivity contribution in [2.24, 2.45) is 7.05 Å². The van der Waals surface area contributed by atoms with Gasteiger partial charge in [0.05, 0.1) is 4.47 Å². The van der Waals surface area contributed by atoms with Crippen LogP contribution in [0, 0.1) is 0 Å². The minimum absolute atomic E-state index is 0.0956. The zero-order valence-electron chi connectivity index (χ0n) is 14.2. The third kappa shape index (κ3) is 2.82. The normalized spacial score (nSPS) is 15.0. The van der Waals surface area contributed by atoms with Gasteiger partial charge in [-0.2, -0.15) is 0 Å². The summed E-state index contributed by atoms with van der Waals surface area (Å²) in [6.45, 7) is 3.19. The Labute approximate surface area is 155 Å². The van der Waals surface area contributed by atoms with E-state index in [1.54, 1.807) is 0 Å². The highest BCUT2D eigenvalue weighted by atomic mass is 79.9. The molecule has 0 radical (unpaired) electrons. The average molecular weight is 398 g/mol. The Morgan fingerprint density at radius 3 is 2.24 bits per heavy atom. The number of carbonyl (C=O) groups excluding carboxylic acids is 1. The van der Waals surface area contributed by atoms with Crippen LogP contribution in [0.1, 0.15) is 10.5 Å². The molecule has 1 saturated heterocycles. The molecule has 128 valence electrons. The van der Waals surface area contributed by atoms with Gasteiger partial charge in [0, 0.05) is 49.8 Å². The number of para-hydroxylation sites is 2. The minimum atomic E-state index is 0.0956. The standard InChI is InChI=1S/C20H20BrN3O/c1-22-17-10-6-5-9-16(17)18(21)19(22)20(25)24-13-11-23(12-14-24)15-7-3-2-4-8-15/h2-10H,11-14H2,1H3. The van der Waals surface area contributed by atoms with Gasteiger partial charge in [-0.1, -0.05) is 36.4 Å². The maximum absolute atomic E-state index is 13.1. The van der Waals surface area contributed by atoms with Crippen molar-refractivity contribution in [3.05, 3.63) is 64.8 Å². The lowest BCUT2D eigenvalue weighted by Gasteiger charge is -2.36. The molecule has 0 spiro atoms. The smallest absolute Gasteiger partial charge is 0.271 e. The largest absolute Gasteiger partial charge is 0.368 e. The second-order valence-electron chi connectivity index (χ2n) is 6.35. The Morgan fingerprint density at radius 2 is 1.56 bits per heavy atom. The molecule has 1 aromatic heterocycles. The quantitative estimate of drug-likeness (QED) is 0.655. The van der Waals surface area contributed by atoms with Gasteiger partial charge >= 0.3 is 0 Å². The summed E-state index contributed by atoms with van der Waals surface area (Å²) in [7, 11) is 1.96. The van der Waals surface area contributed by atoms with Gasteiger partial charge in [-0.05, 0) is 34.1 Å². The topological polar surface area (TPSA) is 28.5 Å². The van der Waals surface area contributed by atoms with E-state index in [2.05, 4.69) is 45.1 Å². The first kappa shape index (κ1) is 16.2. The number of fused-ring (bicyclic) bond motifs is 1. The van der Waals surface area contributed by atoms with E-state index in [0.717, 1.165) is 47.2 Å². The maximum Gasteiger partial charge on any atom is 0.271 e. The van der Waals surface area contributed by atoms with E-state index in [0.29, 0.717) is 0 Å². The molecule has 25 heavy (non-hydrogen) atoms. The second-order valence-corrected chi connectivity index (χ2v) is 7.15. The summed E-state index contributed by atoms with van der Waals surface area (Å²) >= 11 is 3.64. The van der Waals surface area contributed by atoms with Crippen molar-refractivity contribution >= 4 is 38.4 Å². The molecule has 3 aromatic rings. The molecule has 4 rings (SSSR count). The number of halogens is 1. The SMILES string of the molecule is Cn1c(C(=O)N2CCN(c3ccccc3)CC2)c(Br)c2ccccc21. The number of carbonyl (C=O) groups is 1. The van der Waals surface area contributed by atoms with Gasteiger partial charge in [0.2, 0.25) is 0 Å². The summed E-state index contributed by atoms with van der Waals surface area (Å²) < 4.78 is 2.88. The molecule has 5 heteroatoms. The summed E-state index contributed by atoms with van der Waals surface area (Å²) in [5.74, 6) is 0.0956. The Kier molecular flexibility index (Phi) is 4.25. The molecule has 2 heterocycles. The highest BCUT2D eigenvalue weighted by Crippen LogP contribution is 2.31. The number of hydrogen-bond acceptors (Lipinski definition) is 2. The predicted octanol–water partition coefficient (Wildman–Crippen LogP) is 3.90. The molecule has 0 N–H and O–H groups in total. The van der Waals surface area contributed by atoms with Crippen molar-refractivity contribution in [1.29, 1.82) is 0 Å². The highest BCUT2D eigenvalue weighted by Gasteiger charge is 2.27.